The quantitative estimate of drug-likeness (QED) is 0.214. The van der Waals surface area contributed by atoms with Crippen LogP contribution in [0, 0.1) is 21.8 Å². The van der Waals surface area contributed by atoms with Crippen molar-refractivity contribution in [2.75, 3.05) is 5.32 Å². The van der Waals surface area contributed by atoms with Gasteiger partial charge in [-0.15, -0.1) is 23.4 Å². The SMILES string of the molecule is O=[N+]([O-])c1ccccc1SC1CC2C(c3ccc(F)cc3)Nc3ccc(Br)cc3C2C1Cl. The van der Waals surface area contributed by atoms with Gasteiger partial charge in [-0.1, -0.05) is 40.2 Å². The number of hydrogen-bond donors (Lipinski definition) is 1. The third-order valence-corrected chi connectivity index (χ3v) is 8.95. The number of hydrogen-bond acceptors (Lipinski definition) is 4. The Morgan fingerprint density at radius 1 is 1.12 bits per heavy atom. The lowest BCUT2D eigenvalue weighted by atomic mass is 9.77. The molecule has 4 nitrogen and oxygen atoms in total. The number of nitrogens with one attached hydrogen (secondary N) is 1. The van der Waals surface area contributed by atoms with Gasteiger partial charge in [0.1, 0.15) is 5.82 Å². The van der Waals surface area contributed by atoms with E-state index in [9.17, 15) is 14.5 Å². The van der Waals surface area contributed by atoms with E-state index in [-0.39, 0.29) is 44.9 Å². The maximum atomic E-state index is 13.6. The van der Waals surface area contributed by atoms with Gasteiger partial charge in [-0.2, -0.15) is 0 Å². The Labute approximate surface area is 202 Å². The van der Waals surface area contributed by atoms with Gasteiger partial charge >= 0.3 is 0 Å². The molecule has 0 radical (unpaired) electrons. The maximum Gasteiger partial charge on any atom is 0.282 e. The number of rotatable bonds is 4. The Morgan fingerprint density at radius 3 is 2.62 bits per heavy atom. The molecule has 5 unspecified atom stereocenters. The van der Waals surface area contributed by atoms with Crippen LogP contribution >= 0.6 is 39.3 Å². The van der Waals surface area contributed by atoms with Gasteiger partial charge < -0.3 is 5.32 Å². The van der Waals surface area contributed by atoms with E-state index in [0.29, 0.717) is 4.90 Å². The van der Waals surface area contributed by atoms with Crippen molar-refractivity contribution in [3.63, 3.8) is 0 Å². The van der Waals surface area contributed by atoms with Crippen molar-refractivity contribution in [1.82, 2.24) is 0 Å². The Balaban J connectivity index is 1.53. The average molecular weight is 534 g/mol. The summed E-state index contributed by atoms with van der Waals surface area (Å²) in [5.74, 6) is -0.0253. The lowest BCUT2D eigenvalue weighted by molar-refractivity contribution is -0.387. The summed E-state index contributed by atoms with van der Waals surface area (Å²) in [6, 6.07) is 19.5. The summed E-state index contributed by atoms with van der Waals surface area (Å²) in [5.41, 5.74) is 3.28. The molecule has 3 aromatic rings. The molecule has 3 aromatic carbocycles. The highest BCUT2D eigenvalue weighted by molar-refractivity contribution is 9.10. The summed E-state index contributed by atoms with van der Waals surface area (Å²) in [5, 5.41) is 15.0. The predicted octanol–water partition coefficient (Wildman–Crippen LogP) is 7.54. The van der Waals surface area contributed by atoms with Gasteiger partial charge in [-0.05, 0) is 59.9 Å². The van der Waals surface area contributed by atoms with Crippen molar-refractivity contribution in [3.05, 3.63) is 98.3 Å². The number of benzene rings is 3. The number of nitrogens with zero attached hydrogens (tertiary/aromatic N) is 1. The van der Waals surface area contributed by atoms with Crippen LogP contribution in [0.2, 0.25) is 0 Å². The Kier molecular flexibility index (Phi) is 5.90. The molecule has 5 atom stereocenters. The fraction of sp³-hybridized carbons (Fsp3) is 0.250. The van der Waals surface area contributed by atoms with E-state index in [2.05, 4.69) is 27.3 Å². The second kappa shape index (κ2) is 8.69. The van der Waals surface area contributed by atoms with E-state index in [1.807, 2.05) is 30.3 Å². The van der Waals surface area contributed by atoms with E-state index in [0.717, 1.165) is 27.7 Å². The zero-order valence-corrected chi connectivity index (χ0v) is 19.9. The van der Waals surface area contributed by atoms with Crippen LogP contribution in [0.1, 0.15) is 29.5 Å². The molecule has 1 fully saturated rings. The van der Waals surface area contributed by atoms with Crippen molar-refractivity contribution in [1.29, 1.82) is 0 Å². The molecule has 0 spiro atoms. The Morgan fingerprint density at radius 2 is 1.88 bits per heavy atom. The number of nitro benzene ring substituents is 1. The Bertz CT molecular complexity index is 1180. The predicted molar refractivity (Wildman–Crippen MR) is 130 cm³/mol. The molecule has 2 aliphatic rings. The minimum absolute atomic E-state index is 0.00227. The summed E-state index contributed by atoms with van der Waals surface area (Å²) >= 11 is 12.2. The van der Waals surface area contributed by atoms with Crippen molar-refractivity contribution < 1.29 is 9.31 Å². The summed E-state index contributed by atoms with van der Waals surface area (Å²) < 4.78 is 14.6. The molecule has 5 rings (SSSR count). The highest BCUT2D eigenvalue weighted by atomic mass is 79.9. The molecule has 1 heterocycles. The summed E-state index contributed by atoms with van der Waals surface area (Å²) in [6.45, 7) is 0. The number of halogens is 3. The van der Waals surface area contributed by atoms with Crippen molar-refractivity contribution >= 4 is 50.7 Å². The summed E-state index contributed by atoms with van der Waals surface area (Å²) in [7, 11) is 0. The topological polar surface area (TPSA) is 55.2 Å². The first-order valence-corrected chi connectivity index (χ1v) is 12.4. The molecular weight excluding hydrogens is 515 g/mol. The van der Waals surface area contributed by atoms with Gasteiger partial charge in [0.25, 0.3) is 5.69 Å². The van der Waals surface area contributed by atoms with Crippen LogP contribution in [-0.4, -0.2) is 15.6 Å². The third kappa shape index (κ3) is 3.91. The number of fused-ring (bicyclic) bond motifs is 3. The standard InChI is InChI=1S/C24H19BrClFN2O2S/c25-14-7-10-18-16(11-14)22-17(24(28-18)13-5-8-15(27)9-6-13)12-21(23(22)26)32-20-4-2-1-3-19(20)29(30)31/h1-11,17,21-24,28H,12H2. The largest absolute Gasteiger partial charge is 0.378 e. The van der Waals surface area contributed by atoms with E-state index in [1.165, 1.54) is 30.0 Å². The highest BCUT2D eigenvalue weighted by Crippen LogP contribution is 2.58. The Hall–Kier alpha value is -2.09. The van der Waals surface area contributed by atoms with Crippen LogP contribution in [0.5, 0.6) is 0 Å². The smallest absolute Gasteiger partial charge is 0.282 e. The fourth-order valence-electron chi connectivity index (χ4n) is 4.96. The van der Waals surface area contributed by atoms with Crippen LogP contribution in [-0.2, 0) is 0 Å². The van der Waals surface area contributed by atoms with Gasteiger partial charge in [0.2, 0.25) is 0 Å². The average Bonchev–Trinajstić information content (AvgIpc) is 3.10. The van der Waals surface area contributed by atoms with Crippen molar-refractivity contribution in [2.45, 2.75) is 33.9 Å². The molecule has 32 heavy (non-hydrogen) atoms. The number of para-hydroxylation sites is 1. The maximum absolute atomic E-state index is 13.6. The van der Waals surface area contributed by atoms with Crippen molar-refractivity contribution in [3.8, 4) is 0 Å². The first kappa shape index (κ1) is 21.7. The highest BCUT2D eigenvalue weighted by Gasteiger charge is 2.50. The first-order valence-electron chi connectivity index (χ1n) is 10.3. The number of anilines is 1. The number of nitro groups is 1. The van der Waals surface area contributed by atoms with E-state index in [1.54, 1.807) is 12.1 Å². The first-order chi connectivity index (χ1) is 15.4. The van der Waals surface area contributed by atoms with Crippen LogP contribution in [0.15, 0.2) is 76.1 Å². The van der Waals surface area contributed by atoms with Gasteiger partial charge in [-0.3, -0.25) is 10.1 Å². The second-order valence-electron chi connectivity index (χ2n) is 8.16. The normalized spacial score (nSPS) is 26.2. The van der Waals surface area contributed by atoms with Crippen LogP contribution in [0.25, 0.3) is 0 Å². The van der Waals surface area contributed by atoms with Gasteiger partial charge in [0.05, 0.1) is 21.2 Å². The summed E-state index contributed by atoms with van der Waals surface area (Å²) in [4.78, 5) is 11.8. The lowest BCUT2D eigenvalue weighted by Gasteiger charge is -2.38. The number of thioether (sulfide) groups is 1. The van der Waals surface area contributed by atoms with Gasteiger partial charge in [0, 0.05) is 27.4 Å². The molecule has 1 aliphatic heterocycles. The molecule has 1 N–H and O–H groups in total. The fourth-order valence-corrected chi connectivity index (χ4v) is 7.28. The van der Waals surface area contributed by atoms with Crippen LogP contribution in [0.4, 0.5) is 15.8 Å². The molecule has 1 aliphatic carbocycles. The molecular formula is C24H19BrClFN2O2S. The third-order valence-electron chi connectivity index (χ3n) is 6.35. The molecule has 0 saturated heterocycles. The van der Waals surface area contributed by atoms with E-state index in [4.69, 9.17) is 11.6 Å². The van der Waals surface area contributed by atoms with E-state index < -0.39 is 0 Å². The minimum Gasteiger partial charge on any atom is -0.378 e. The lowest BCUT2D eigenvalue weighted by Crippen LogP contribution is -2.31. The monoisotopic (exact) mass is 532 g/mol. The molecule has 164 valence electrons. The zero-order valence-electron chi connectivity index (χ0n) is 16.8. The second-order valence-corrected chi connectivity index (χ2v) is 10.9. The molecule has 0 bridgehead atoms. The summed E-state index contributed by atoms with van der Waals surface area (Å²) in [6.07, 6.45) is 0.788. The molecule has 1 saturated carbocycles. The molecule has 8 heteroatoms. The van der Waals surface area contributed by atoms with Gasteiger partial charge in [-0.25, -0.2) is 4.39 Å². The van der Waals surface area contributed by atoms with Crippen LogP contribution < -0.4 is 5.32 Å². The van der Waals surface area contributed by atoms with Crippen molar-refractivity contribution in [2.24, 2.45) is 5.92 Å². The van der Waals surface area contributed by atoms with E-state index >= 15 is 0 Å². The van der Waals surface area contributed by atoms with Gasteiger partial charge in [0.15, 0.2) is 0 Å². The number of alkyl halides is 1. The minimum atomic E-state index is -0.344. The van der Waals surface area contributed by atoms with Crippen LogP contribution in [0.3, 0.4) is 0 Å². The molecule has 0 aromatic heterocycles. The zero-order chi connectivity index (χ0) is 22.4. The molecule has 0 amide bonds.